The van der Waals surface area contributed by atoms with E-state index >= 15 is 0 Å². The molecule has 0 bridgehead atoms. The Morgan fingerprint density at radius 1 is 1.07 bits per heavy atom. The van der Waals surface area contributed by atoms with Crippen LogP contribution >= 0.6 is 0 Å². The maximum atomic E-state index is 6.22. The van der Waals surface area contributed by atoms with Crippen molar-refractivity contribution in [3.63, 3.8) is 0 Å². The number of nitrogens with one attached hydrogen (secondary N) is 3. The van der Waals surface area contributed by atoms with Crippen molar-refractivity contribution in [3.05, 3.63) is 11.9 Å². The van der Waals surface area contributed by atoms with Crippen molar-refractivity contribution in [2.24, 2.45) is 22.7 Å². The first-order chi connectivity index (χ1) is 14.1. The second-order valence-corrected chi connectivity index (χ2v) is 10.3. The Balaban J connectivity index is 1.23. The summed E-state index contributed by atoms with van der Waals surface area (Å²) in [4.78, 5) is 0. The van der Waals surface area contributed by atoms with E-state index in [9.17, 15) is 0 Å². The molecule has 6 heteroatoms. The number of hydrogen-bond donors (Lipinski definition) is 3. The Labute approximate surface area is 175 Å². The normalized spacial score (nSPS) is 44.9. The Morgan fingerprint density at radius 3 is 2.83 bits per heavy atom. The van der Waals surface area contributed by atoms with Crippen LogP contribution in [0.3, 0.4) is 0 Å². The summed E-state index contributed by atoms with van der Waals surface area (Å²) in [5.41, 5.74) is 0.584. The molecule has 29 heavy (non-hydrogen) atoms. The molecule has 3 N–H and O–H groups in total. The van der Waals surface area contributed by atoms with Crippen molar-refractivity contribution in [2.45, 2.75) is 57.7 Å². The van der Waals surface area contributed by atoms with Gasteiger partial charge >= 0.3 is 0 Å². The smallest absolute Gasteiger partial charge is 0.171 e. The zero-order chi connectivity index (χ0) is 19.8. The maximum absolute atomic E-state index is 6.22. The maximum Gasteiger partial charge on any atom is 0.171 e. The van der Waals surface area contributed by atoms with Crippen LogP contribution in [0.5, 0.6) is 0 Å². The molecule has 4 fully saturated rings. The summed E-state index contributed by atoms with van der Waals surface area (Å²) < 4.78 is 18.1. The molecule has 0 aliphatic carbocycles. The van der Waals surface area contributed by atoms with Gasteiger partial charge in [-0.15, -0.1) is 0 Å². The average molecular weight is 406 g/mol. The van der Waals surface area contributed by atoms with Gasteiger partial charge in [-0.05, 0) is 69.0 Å². The van der Waals surface area contributed by atoms with E-state index in [1.807, 2.05) is 0 Å². The lowest BCUT2D eigenvalue weighted by atomic mass is 9.62. The Morgan fingerprint density at radius 2 is 2.00 bits per heavy atom. The van der Waals surface area contributed by atoms with E-state index in [2.05, 4.69) is 29.0 Å². The van der Waals surface area contributed by atoms with E-state index in [4.69, 9.17) is 14.2 Å². The predicted molar refractivity (Wildman–Crippen MR) is 112 cm³/mol. The Hall–Kier alpha value is -0.820. The second-order valence-electron chi connectivity index (χ2n) is 10.3. The fourth-order valence-electron chi connectivity index (χ4n) is 6.64. The molecule has 164 valence electrons. The second kappa shape index (κ2) is 8.03. The first-order valence-electron chi connectivity index (χ1n) is 11.9. The molecule has 0 radical (unpaired) electrons. The average Bonchev–Trinajstić information content (AvgIpc) is 3.46. The Kier molecular flexibility index (Phi) is 5.56. The summed E-state index contributed by atoms with van der Waals surface area (Å²) in [5.74, 6) is 2.06. The highest BCUT2D eigenvalue weighted by Crippen LogP contribution is 2.52. The molecule has 0 saturated carbocycles. The van der Waals surface area contributed by atoms with Crippen molar-refractivity contribution < 1.29 is 14.2 Å². The van der Waals surface area contributed by atoms with Crippen molar-refractivity contribution in [1.82, 2.24) is 16.0 Å². The van der Waals surface area contributed by atoms with Crippen molar-refractivity contribution in [2.75, 3.05) is 52.6 Å². The summed E-state index contributed by atoms with van der Waals surface area (Å²) in [7, 11) is 0. The first kappa shape index (κ1) is 20.1. The molecule has 5 aliphatic rings. The lowest BCUT2D eigenvalue weighted by molar-refractivity contribution is -0.218. The minimum absolute atomic E-state index is 0.266. The molecule has 2 spiro atoms. The summed E-state index contributed by atoms with van der Waals surface area (Å²) in [6, 6.07) is 0. The SMILES string of the molecule is CC1(CCNC2=CC3(CCN2)CCOC3)CCNCC1C1CCOC12CCCO2. The third-order valence-electron chi connectivity index (χ3n) is 8.51. The van der Waals surface area contributed by atoms with Crippen LogP contribution in [-0.4, -0.2) is 58.4 Å². The van der Waals surface area contributed by atoms with Gasteiger partial charge in [0.15, 0.2) is 5.79 Å². The van der Waals surface area contributed by atoms with Gasteiger partial charge in [0.25, 0.3) is 0 Å². The standard InChI is InChI=1S/C23H39N3O3/c1-21(6-10-25-20-15-22(7-11-26-20)8-14-27-17-22)5-9-24-16-19(21)18-3-13-29-23(18)4-2-12-28-23/h15,18-19,24-26H,2-14,16-17H2,1H3. The summed E-state index contributed by atoms with van der Waals surface area (Å²) in [6.45, 7) is 10.3. The van der Waals surface area contributed by atoms with Gasteiger partial charge in [-0.25, -0.2) is 0 Å². The van der Waals surface area contributed by atoms with E-state index in [0.29, 0.717) is 17.3 Å². The molecule has 0 aromatic heterocycles. The fourth-order valence-corrected chi connectivity index (χ4v) is 6.64. The molecular formula is C23H39N3O3. The molecule has 0 aromatic rings. The predicted octanol–water partition coefficient (Wildman–Crippen LogP) is 2.37. The molecule has 5 unspecified atom stereocenters. The van der Waals surface area contributed by atoms with Gasteiger partial charge in [-0.1, -0.05) is 6.92 Å². The molecule has 4 saturated heterocycles. The molecule has 5 rings (SSSR count). The molecular weight excluding hydrogens is 366 g/mol. The molecule has 6 nitrogen and oxygen atoms in total. The van der Waals surface area contributed by atoms with Gasteiger partial charge in [0.1, 0.15) is 0 Å². The summed E-state index contributed by atoms with van der Waals surface area (Å²) >= 11 is 0. The van der Waals surface area contributed by atoms with Crippen molar-refractivity contribution in [3.8, 4) is 0 Å². The van der Waals surface area contributed by atoms with Gasteiger partial charge < -0.3 is 30.2 Å². The third kappa shape index (κ3) is 3.82. The summed E-state index contributed by atoms with van der Waals surface area (Å²) in [5, 5.41) is 11.0. The van der Waals surface area contributed by atoms with Gasteiger partial charge in [0.05, 0.1) is 25.6 Å². The quantitative estimate of drug-likeness (QED) is 0.653. The van der Waals surface area contributed by atoms with Crippen LogP contribution in [0, 0.1) is 22.7 Å². The van der Waals surface area contributed by atoms with Crippen LogP contribution in [0.4, 0.5) is 0 Å². The zero-order valence-corrected chi connectivity index (χ0v) is 18.1. The zero-order valence-electron chi connectivity index (χ0n) is 18.1. The van der Waals surface area contributed by atoms with Crippen LogP contribution in [0.2, 0.25) is 0 Å². The van der Waals surface area contributed by atoms with E-state index in [1.54, 1.807) is 0 Å². The van der Waals surface area contributed by atoms with Crippen LogP contribution in [-0.2, 0) is 14.2 Å². The minimum atomic E-state index is -0.291. The lowest BCUT2D eigenvalue weighted by Gasteiger charge is -2.48. The van der Waals surface area contributed by atoms with Crippen molar-refractivity contribution in [1.29, 1.82) is 0 Å². The van der Waals surface area contributed by atoms with Crippen LogP contribution in [0.1, 0.15) is 51.9 Å². The largest absolute Gasteiger partial charge is 0.381 e. The van der Waals surface area contributed by atoms with Crippen molar-refractivity contribution >= 4 is 0 Å². The lowest BCUT2D eigenvalue weighted by Crippen LogP contribution is -2.52. The van der Waals surface area contributed by atoms with Gasteiger partial charge in [0.2, 0.25) is 0 Å². The van der Waals surface area contributed by atoms with Gasteiger partial charge in [0, 0.05) is 37.5 Å². The monoisotopic (exact) mass is 405 g/mol. The fraction of sp³-hybridized carbons (Fsp3) is 0.913. The first-order valence-corrected chi connectivity index (χ1v) is 11.9. The van der Waals surface area contributed by atoms with Gasteiger partial charge in [-0.3, -0.25) is 0 Å². The van der Waals surface area contributed by atoms with Gasteiger partial charge in [-0.2, -0.15) is 0 Å². The molecule has 0 aromatic carbocycles. The Bertz CT molecular complexity index is 607. The van der Waals surface area contributed by atoms with Crippen LogP contribution < -0.4 is 16.0 Å². The third-order valence-corrected chi connectivity index (χ3v) is 8.51. The van der Waals surface area contributed by atoms with E-state index in [-0.39, 0.29) is 11.2 Å². The summed E-state index contributed by atoms with van der Waals surface area (Å²) in [6.07, 6.45) is 10.5. The highest BCUT2D eigenvalue weighted by atomic mass is 16.7. The number of hydrogen-bond acceptors (Lipinski definition) is 6. The van der Waals surface area contributed by atoms with E-state index in [0.717, 1.165) is 78.3 Å². The van der Waals surface area contributed by atoms with Crippen LogP contribution in [0.15, 0.2) is 11.9 Å². The molecule has 5 heterocycles. The molecule has 5 atom stereocenters. The number of ether oxygens (including phenoxy) is 3. The van der Waals surface area contributed by atoms with Crippen LogP contribution in [0.25, 0.3) is 0 Å². The van der Waals surface area contributed by atoms with E-state index < -0.39 is 0 Å². The minimum Gasteiger partial charge on any atom is -0.381 e. The molecule has 0 amide bonds. The number of rotatable bonds is 5. The van der Waals surface area contributed by atoms with E-state index in [1.165, 1.54) is 25.1 Å². The molecule has 5 aliphatic heterocycles. The highest BCUT2D eigenvalue weighted by molar-refractivity contribution is 5.13. The highest BCUT2D eigenvalue weighted by Gasteiger charge is 2.55. The number of piperidine rings is 1. The topological polar surface area (TPSA) is 63.8 Å².